The Bertz CT molecular complexity index is 1670. The Hall–Kier alpha value is -3.28. The summed E-state index contributed by atoms with van der Waals surface area (Å²) in [6.45, 7) is 4.02. The van der Waals surface area contributed by atoms with Crippen molar-refractivity contribution in [3.8, 4) is 11.5 Å². The van der Waals surface area contributed by atoms with Gasteiger partial charge in [0.05, 0.1) is 35.8 Å². The fourth-order valence-corrected chi connectivity index (χ4v) is 10.7. The van der Waals surface area contributed by atoms with Crippen molar-refractivity contribution < 1.29 is 28.6 Å². The Morgan fingerprint density at radius 2 is 1.72 bits per heavy atom. The molecule has 4 aliphatic rings. The molecule has 6 unspecified atom stereocenters. The van der Waals surface area contributed by atoms with E-state index in [1.54, 1.807) is 49.0 Å². The minimum absolute atomic E-state index is 0.0105. The molecule has 1 aromatic heterocycles. The lowest BCUT2D eigenvalue weighted by molar-refractivity contribution is -0.145. The van der Waals surface area contributed by atoms with E-state index in [1.807, 2.05) is 19.1 Å². The monoisotopic (exact) mass is 640 g/mol. The van der Waals surface area contributed by atoms with Crippen LogP contribution in [0, 0.1) is 29.6 Å². The van der Waals surface area contributed by atoms with E-state index in [9.17, 15) is 19.2 Å². The molecule has 0 radical (unpaired) electrons. The van der Waals surface area contributed by atoms with Crippen LogP contribution in [0.4, 0.5) is 5.69 Å². The molecule has 2 aliphatic carbocycles. The van der Waals surface area contributed by atoms with Crippen molar-refractivity contribution in [2.75, 3.05) is 24.7 Å². The standard InChI is InChI=1S/C31H29ClN2O7S2/c1-3-39-20-11-14(5-10-19(20)41-13-21(35)40-4-2)22-23-17-12-18(26(23)42-28-27(22)43-31(38)33-28)25-24(17)29(36)34(30(25)37)16-8-6-15(32)7-9-16/h5-11,17-18,22-26H,3-4,12-13H2,1-2H3,(H,33,38)/t17?,18?,22-,23?,24?,25?,26?/m1/s1. The summed E-state index contributed by atoms with van der Waals surface area (Å²) in [5.74, 6) is -0.794. The maximum absolute atomic E-state index is 13.9. The first-order valence-corrected chi connectivity index (χ1v) is 16.5. The zero-order valence-corrected chi connectivity index (χ0v) is 25.8. The third-order valence-electron chi connectivity index (χ3n) is 9.09. The van der Waals surface area contributed by atoms with E-state index >= 15 is 0 Å². The number of amides is 2. The molecule has 224 valence electrons. The lowest BCUT2D eigenvalue weighted by Crippen LogP contribution is -2.42. The number of thioether (sulfide) groups is 1. The second kappa shape index (κ2) is 11.0. The first kappa shape index (κ1) is 28.5. The Labute approximate surface area is 260 Å². The van der Waals surface area contributed by atoms with Crippen LogP contribution in [-0.4, -0.2) is 47.8 Å². The molecule has 2 saturated carbocycles. The summed E-state index contributed by atoms with van der Waals surface area (Å²) in [7, 11) is 0. The highest BCUT2D eigenvalue weighted by Gasteiger charge is 2.69. The van der Waals surface area contributed by atoms with Crippen LogP contribution in [0.5, 0.6) is 11.5 Å². The fourth-order valence-electron chi connectivity index (χ4n) is 7.68. The SMILES string of the molecule is CCOC(=O)COc1ccc([C@H]2c3sc(=O)[nH]c3SC3C4CC(C5C(=O)N(c6ccc(Cl)cc6)C(=O)C45)C32)cc1OCC. The molecular formula is C31H29ClN2O7S2. The molecule has 43 heavy (non-hydrogen) atoms. The van der Waals surface area contributed by atoms with E-state index < -0.39 is 11.9 Å². The van der Waals surface area contributed by atoms with E-state index in [-0.39, 0.29) is 64.7 Å². The van der Waals surface area contributed by atoms with E-state index in [2.05, 4.69) is 4.98 Å². The maximum Gasteiger partial charge on any atom is 0.344 e. The number of H-pyrrole nitrogens is 1. The number of imide groups is 1. The molecular weight excluding hydrogens is 612 g/mol. The molecule has 1 saturated heterocycles. The average molecular weight is 641 g/mol. The minimum Gasteiger partial charge on any atom is -0.490 e. The number of carbonyl (C=O) groups is 3. The van der Waals surface area contributed by atoms with Gasteiger partial charge in [-0.05, 0) is 80.0 Å². The molecule has 7 atom stereocenters. The Morgan fingerprint density at radius 1 is 0.977 bits per heavy atom. The van der Waals surface area contributed by atoms with Crippen molar-refractivity contribution in [2.24, 2.45) is 29.6 Å². The van der Waals surface area contributed by atoms with Gasteiger partial charge in [0.25, 0.3) is 0 Å². The molecule has 9 nitrogen and oxygen atoms in total. The van der Waals surface area contributed by atoms with Crippen LogP contribution < -0.4 is 19.2 Å². The largest absolute Gasteiger partial charge is 0.490 e. The molecule has 2 aromatic carbocycles. The summed E-state index contributed by atoms with van der Waals surface area (Å²) >= 11 is 8.92. The quantitative estimate of drug-likeness (QED) is 0.267. The molecule has 3 heterocycles. The number of anilines is 1. The molecule has 3 aromatic rings. The number of benzene rings is 2. The van der Waals surface area contributed by atoms with Gasteiger partial charge in [-0.1, -0.05) is 29.0 Å². The van der Waals surface area contributed by atoms with Gasteiger partial charge in [-0.15, -0.1) is 11.8 Å². The van der Waals surface area contributed by atoms with Crippen molar-refractivity contribution in [1.29, 1.82) is 0 Å². The van der Waals surface area contributed by atoms with Crippen molar-refractivity contribution in [3.63, 3.8) is 0 Å². The number of ether oxygens (including phenoxy) is 3. The van der Waals surface area contributed by atoms with Gasteiger partial charge in [0.15, 0.2) is 18.1 Å². The molecule has 7 rings (SSSR count). The number of fused-ring (bicyclic) bond motifs is 9. The number of thiazole rings is 1. The van der Waals surface area contributed by atoms with Gasteiger partial charge in [0.1, 0.15) is 0 Å². The Kier molecular flexibility index (Phi) is 7.30. The number of nitrogens with one attached hydrogen (secondary N) is 1. The zero-order valence-electron chi connectivity index (χ0n) is 23.4. The van der Waals surface area contributed by atoms with Gasteiger partial charge in [-0.25, -0.2) is 4.79 Å². The predicted octanol–water partition coefficient (Wildman–Crippen LogP) is 5.11. The van der Waals surface area contributed by atoms with Gasteiger partial charge in [-0.2, -0.15) is 0 Å². The molecule has 2 amide bonds. The number of nitrogens with zero attached hydrogens (tertiary/aromatic N) is 1. The van der Waals surface area contributed by atoms with Crippen molar-refractivity contribution in [3.05, 3.63) is 67.6 Å². The zero-order chi connectivity index (χ0) is 30.0. The number of hydrogen-bond donors (Lipinski definition) is 1. The topological polar surface area (TPSA) is 115 Å². The Morgan fingerprint density at radius 3 is 2.44 bits per heavy atom. The average Bonchev–Trinajstić information content (AvgIpc) is 3.72. The van der Waals surface area contributed by atoms with Gasteiger partial charge in [0, 0.05) is 21.1 Å². The van der Waals surface area contributed by atoms with E-state index in [1.165, 1.54) is 16.2 Å². The summed E-state index contributed by atoms with van der Waals surface area (Å²) < 4.78 is 16.7. The van der Waals surface area contributed by atoms with Gasteiger partial charge in [-0.3, -0.25) is 19.3 Å². The fraction of sp³-hybridized carbons (Fsp3) is 0.419. The molecule has 2 bridgehead atoms. The summed E-state index contributed by atoms with van der Waals surface area (Å²) in [5, 5.41) is 1.43. The second-order valence-corrected chi connectivity index (χ2v) is 13.8. The van der Waals surface area contributed by atoms with Crippen molar-refractivity contribution >= 4 is 58.2 Å². The molecule has 12 heteroatoms. The molecule has 0 spiro atoms. The van der Waals surface area contributed by atoms with Gasteiger partial charge >= 0.3 is 10.8 Å². The summed E-state index contributed by atoms with van der Waals surface area (Å²) in [6, 6.07) is 12.5. The molecule has 3 fully saturated rings. The highest BCUT2D eigenvalue weighted by atomic mass is 35.5. The smallest absolute Gasteiger partial charge is 0.344 e. The number of halogens is 1. The van der Waals surface area contributed by atoms with Gasteiger partial charge in [0.2, 0.25) is 11.8 Å². The lowest BCUT2D eigenvalue weighted by Gasteiger charge is -2.43. The number of carbonyl (C=O) groups excluding carboxylic acids is 3. The van der Waals surface area contributed by atoms with E-state index in [0.29, 0.717) is 28.8 Å². The van der Waals surface area contributed by atoms with Crippen molar-refractivity contribution in [1.82, 2.24) is 4.98 Å². The van der Waals surface area contributed by atoms with Crippen LogP contribution in [0.15, 0.2) is 52.3 Å². The van der Waals surface area contributed by atoms with Gasteiger partial charge < -0.3 is 19.2 Å². The van der Waals surface area contributed by atoms with E-state index in [4.69, 9.17) is 25.8 Å². The van der Waals surface area contributed by atoms with Crippen LogP contribution in [-0.2, 0) is 19.1 Å². The third-order valence-corrected chi connectivity index (χ3v) is 11.9. The molecule has 2 aliphatic heterocycles. The van der Waals surface area contributed by atoms with Crippen molar-refractivity contribution in [2.45, 2.75) is 36.5 Å². The van der Waals surface area contributed by atoms with Crippen LogP contribution >= 0.6 is 34.7 Å². The lowest BCUT2D eigenvalue weighted by atomic mass is 9.68. The van der Waals surface area contributed by atoms with Crippen LogP contribution in [0.1, 0.15) is 36.6 Å². The number of hydrogen-bond acceptors (Lipinski definition) is 9. The number of aromatic nitrogens is 1. The maximum atomic E-state index is 13.9. The van der Waals surface area contributed by atoms with Crippen LogP contribution in [0.3, 0.4) is 0 Å². The minimum atomic E-state index is -0.470. The number of rotatable bonds is 8. The first-order valence-electron chi connectivity index (χ1n) is 14.4. The highest BCUT2D eigenvalue weighted by molar-refractivity contribution is 8.00. The summed E-state index contributed by atoms with van der Waals surface area (Å²) in [4.78, 5) is 57.5. The summed E-state index contributed by atoms with van der Waals surface area (Å²) in [6.07, 6.45) is 0.790. The molecule has 1 N–H and O–H groups in total. The Balaban J connectivity index is 1.26. The van der Waals surface area contributed by atoms with E-state index in [0.717, 1.165) is 21.9 Å². The predicted molar refractivity (Wildman–Crippen MR) is 162 cm³/mol. The first-order chi connectivity index (χ1) is 20.8. The normalized spacial score (nSPS) is 28.4. The highest BCUT2D eigenvalue weighted by Crippen LogP contribution is 2.68. The summed E-state index contributed by atoms with van der Waals surface area (Å²) in [5.41, 5.74) is 1.48. The number of esters is 1. The second-order valence-electron chi connectivity index (χ2n) is 11.2. The van der Waals surface area contributed by atoms with Crippen LogP contribution in [0.25, 0.3) is 0 Å². The third kappa shape index (κ3) is 4.58. The van der Waals surface area contributed by atoms with Crippen LogP contribution in [0.2, 0.25) is 5.02 Å². The number of aromatic amines is 1.